The number of aromatic nitrogens is 2. The molecule has 2 aromatic carbocycles. The van der Waals surface area contributed by atoms with Crippen molar-refractivity contribution in [3.63, 3.8) is 0 Å². The molecular weight excluding hydrogens is 397 g/mol. The molecular formula is C20H18FN3O4S. The molecule has 3 aromatic rings. The Morgan fingerprint density at radius 2 is 1.79 bits per heavy atom. The van der Waals surface area contributed by atoms with Crippen molar-refractivity contribution < 1.29 is 17.6 Å². The van der Waals surface area contributed by atoms with E-state index in [4.69, 9.17) is 0 Å². The van der Waals surface area contributed by atoms with Crippen LogP contribution in [-0.2, 0) is 21.2 Å². The fourth-order valence-corrected chi connectivity index (χ4v) is 4.95. The summed E-state index contributed by atoms with van der Waals surface area (Å²) in [6.45, 7) is 0.341. The number of nitrogens with zero attached hydrogens (tertiary/aromatic N) is 3. The van der Waals surface area contributed by atoms with Gasteiger partial charge in [0.1, 0.15) is 11.1 Å². The summed E-state index contributed by atoms with van der Waals surface area (Å²) in [5, 5.41) is -0.223. The van der Waals surface area contributed by atoms with E-state index in [0.717, 1.165) is 12.1 Å². The van der Waals surface area contributed by atoms with Crippen molar-refractivity contribution in [2.45, 2.75) is 23.1 Å². The lowest BCUT2D eigenvalue weighted by atomic mass is 10.2. The first-order valence-electron chi connectivity index (χ1n) is 9.08. The minimum atomic E-state index is -3.61. The van der Waals surface area contributed by atoms with Gasteiger partial charge in [-0.1, -0.05) is 12.1 Å². The van der Waals surface area contributed by atoms with Crippen molar-refractivity contribution in [2.75, 3.05) is 13.1 Å². The van der Waals surface area contributed by atoms with Crippen LogP contribution in [0.1, 0.15) is 6.42 Å². The molecule has 0 unspecified atom stereocenters. The van der Waals surface area contributed by atoms with E-state index in [1.54, 1.807) is 24.3 Å². The zero-order valence-corrected chi connectivity index (χ0v) is 16.2. The van der Waals surface area contributed by atoms with Crippen LogP contribution in [0.2, 0.25) is 0 Å². The van der Waals surface area contributed by atoms with Gasteiger partial charge >= 0.3 is 0 Å². The minimum Gasteiger partial charge on any atom is -0.340 e. The molecule has 1 aliphatic heterocycles. The first-order chi connectivity index (χ1) is 13.9. The number of benzene rings is 2. The van der Waals surface area contributed by atoms with Gasteiger partial charge in [-0.3, -0.25) is 14.2 Å². The van der Waals surface area contributed by atoms with Gasteiger partial charge in [-0.25, -0.2) is 17.8 Å². The monoisotopic (exact) mass is 415 g/mol. The van der Waals surface area contributed by atoms with Crippen LogP contribution in [0.4, 0.5) is 4.39 Å². The third kappa shape index (κ3) is 3.65. The summed E-state index contributed by atoms with van der Waals surface area (Å²) < 4.78 is 39.4. The molecule has 2 heterocycles. The highest BCUT2D eigenvalue weighted by molar-refractivity contribution is 7.92. The second-order valence-corrected chi connectivity index (χ2v) is 9.16. The molecule has 1 amide bonds. The highest BCUT2D eigenvalue weighted by Gasteiger charge is 2.40. The molecule has 9 heteroatoms. The van der Waals surface area contributed by atoms with Crippen molar-refractivity contribution in [3.8, 4) is 0 Å². The smallest absolute Gasteiger partial charge is 0.261 e. The van der Waals surface area contributed by atoms with Crippen LogP contribution in [0.5, 0.6) is 0 Å². The molecule has 0 radical (unpaired) electrons. The normalized spacial score (nSPS) is 14.7. The summed E-state index contributed by atoms with van der Waals surface area (Å²) in [7, 11) is -3.61. The minimum absolute atomic E-state index is 0.0461. The van der Waals surface area contributed by atoms with E-state index in [1.165, 1.54) is 27.9 Å². The van der Waals surface area contributed by atoms with Crippen LogP contribution in [0.25, 0.3) is 10.9 Å². The molecule has 0 aliphatic carbocycles. The summed E-state index contributed by atoms with van der Waals surface area (Å²) in [5.74, 6) is -0.733. The Bertz CT molecular complexity index is 1230. The van der Waals surface area contributed by atoms with Crippen molar-refractivity contribution in [1.29, 1.82) is 0 Å². The molecule has 29 heavy (non-hydrogen) atoms. The summed E-state index contributed by atoms with van der Waals surface area (Å²) in [6.07, 6.45) is 1.49. The first-order valence-corrected chi connectivity index (χ1v) is 10.6. The number of carbonyl (C=O) groups excluding carboxylic acids is 1. The largest absolute Gasteiger partial charge is 0.340 e. The Morgan fingerprint density at radius 3 is 2.52 bits per heavy atom. The van der Waals surface area contributed by atoms with E-state index in [-0.39, 0.29) is 42.4 Å². The predicted octanol–water partition coefficient (Wildman–Crippen LogP) is 1.61. The van der Waals surface area contributed by atoms with Gasteiger partial charge in [0.25, 0.3) is 5.56 Å². The van der Waals surface area contributed by atoms with E-state index < -0.39 is 20.9 Å². The molecule has 1 aromatic heterocycles. The zero-order valence-electron chi connectivity index (χ0n) is 15.4. The van der Waals surface area contributed by atoms with Crippen LogP contribution < -0.4 is 5.56 Å². The lowest BCUT2D eigenvalue weighted by Crippen LogP contribution is -2.57. The van der Waals surface area contributed by atoms with Crippen molar-refractivity contribution in [1.82, 2.24) is 14.5 Å². The van der Waals surface area contributed by atoms with Gasteiger partial charge in [0.2, 0.25) is 5.91 Å². The number of hydrogen-bond acceptors (Lipinski definition) is 5. The number of carbonyl (C=O) groups is 1. The molecule has 7 nitrogen and oxygen atoms in total. The molecule has 0 atom stereocenters. The van der Waals surface area contributed by atoms with Gasteiger partial charge < -0.3 is 4.90 Å². The standard InChI is InChI=1S/C20H18FN3O4S/c21-14-5-7-15(8-6-14)29(27,28)16-11-24(12-16)19(25)9-10-23-13-22-18-4-2-1-3-17(18)20(23)26/h1-8,13,16H,9-12H2. The highest BCUT2D eigenvalue weighted by Crippen LogP contribution is 2.24. The Balaban J connectivity index is 1.37. The van der Waals surface area contributed by atoms with Crippen molar-refractivity contribution in [3.05, 3.63) is 71.0 Å². The Kier molecular flexibility index (Phi) is 4.91. The number of sulfone groups is 1. The van der Waals surface area contributed by atoms with Gasteiger partial charge in [0.05, 0.1) is 22.1 Å². The van der Waals surface area contributed by atoms with Gasteiger partial charge in [-0.2, -0.15) is 0 Å². The summed E-state index contributed by atoms with van der Waals surface area (Å²) in [4.78, 5) is 30.5. The van der Waals surface area contributed by atoms with E-state index in [1.807, 2.05) is 0 Å². The fraction of sp³-hybridized carbons (Fsp3) is 0.250. The molecule has 0 bridgehead atoms. The number of fused-ring (bicyclic) bond motifs is 1. The quantitative estimate of drug-likeness (QED) is 0.591. The molecule has 0 saturated carbocycles. The molecule has 0 N–H and O–H groups in total. The van der Waals surface area contributed by atoms with E-state index in [0.29, 0.717) is 10.9 Å². The number of halogens is 1. The highest BCUT2D eigenvalue weighted by atomic mass is 32.2. The van der Waals surface area contributed by atoms with Crippen LogP contribution in [0.15, 0.2) is 64.5 Å². The lowest BCUT2D eigenvalue weighted by molar-refractivity contribution is -0.134. The number of hydrogen-bond donors (Lipinski definition) is 0. The predicted molar refractivity (Wildman–Crippen MR) is 105 cm³/mol. The Labute approximate surface area is 166 Å². The van der Waals surface area contributed by atoms with Gasteiger partial charge in [-0.05, 0) is 36.4 Å². The molecule has 150 valence electrons. The molecule has 1 fully saturated rings. The number of rotatable bonds is 5. The molecule has 4 rings (SSSR count). The molecule has 0 spiro atoms. The maximum absolute atomic E-state index is 13.0. The number of para-hydroxylation sites is 1. The van der Waals surface area contributed by atoms with E-state index in [9.17, 15) is 22.4 Å². The second kappa shape index (κ2) is 7.40. The number of aryl methyl sites for hydroxylation is 1. The molecule has 1 saturated heterocycles. The second-order valence-electron chi connectivity index (χ2n) is 6.93. The van der Waals surface area contributed by atoms with Crippen molar-refractivity contribution in [2.24, 2.45) is 0 Å². The average molecular weight is 415 g/mol. The zero-order chi connectivity index (χ0) is 20.6. The van der Waals surface area contributed by atoms with Gasteiger partial charge in [-0.15, -0.1) is 0 Å². The van der Waals surface area contributed by atoms with E-state index in [2.05, 4.69) is 4.98 Å². The van der Waals surface area contributed by atoms with Gasteiger partial charge in [0, 0.05) is 26.1 Å². The van der Waals surface area contributed by atoms with E-state index >= 15 is 0 Å². The first kappa shape index (κ1) is 19.3. The maximum atomic E-state index is 13.0. The van der Waals surface area contributed by atoms with Gasteiger partial charge in [0.15, 0.2) is 9.84 Å². The summed E-state index contributed by atoms with van der Waals surface area (Å²) in [5.41, 5.74) is 0.375. The Morgan fingerprint density at radius 1 is 1.10 bits per heavy atom. The third-order valence-corrected chi connectivity index (χ3v) is 7.18. The third-order valence-electron chi connectivity index (χ3n) is 5.08. The van der Waals surface area contributed by atoms with Crippen LogP contribution in [0.3, 0.4) is 0 Å². The fourth-order valence-electron chi connectivity index (χ4n) is 3.29. The average Bonchev–Trinajstić information content (AvgIpc) is 2.66. The maximum Gasteiger partial charge on any atom is 0.261 e. The Hall–Kier alpha value is -3.07. The summed E-state index contributed by atoms with van der Waals surface area (Å²) in [6, 6.07) is 11.6. The molecule has 1 aliphatic rings. The van der Waals surface area contributed by atoms with Crippen LogP contribution in [0, 0.1) is 5.82 Å². The van der Waals surface area contributed by atoms with Crippen LogP contribution >= 0.6 is 0 Å². The van der Waals surface area contributed by atoms with Crippen molar-refractivity contribution >= 4 is 26.6 Å². The number of likely N-dealkylation sites (tertiary alicyclic amines) is 1. The van der Waals surface area contributed by atoms with Crippen LogP contribution in [-0.4, -0.2) is 47.1 Å². The SMILES string of the molecule is O=C(CCn1cnc2ccccc2c1=O)N1CC(S(=O)(=O)c2ccc(F)cc2)C1. The number of amides is 1. The lowest BCUT2D eigenvalue weighted by Gasteiger charge is -2.38. The topological polar surface area (TPSA) is 89.3 Å². The summed E-state index contributed by atoms with van der Waals surface area (Å²) >= 11 is 0.